The highest BCUT2D eigenvalue weighted by Crippen LogP contribution is 2.34. The molecule has 1 aliphatic rings. The van der Waals surface area contributed by atoms with Crippen molar-refractivity contribution in [3.05, 3.63) is 22.7 Å². The molecule has 0 spiro atoms. The third-order valence-electron chi connectivity index (χ3n) is 3.72. The highest BCUT2D eigenvalue weighted by Gasteiger charge is 2.55. The van der Waals surface area contributed by atoms with E-state index in [2.05, 4.69) is 16.8 Å². The zero-order valence-electron chi connectivity index (χ0n) is 12.8. The van der Waals surface area contributed by atoms with Crippen LogP contribution in [0.3, 0.4) is 0 Å². The third-order valence-corrected chi connectivity index (χ3v) is 3.72. The van der Waals surface area contributed by atoms with Gasteiger partial charge in [-0.3, -0.25) is 4.57 Å². The second-order valence-electron chi connectivity index (χ2n) is 5.38. The molecule has 23 heavy (non-hydrogen) atoms. The lowest BCUT2D eigenvalue weighted by Gasteiger charge is -2.28. The molecule has 0 aromatic carbocycles. The van der Waals surface area contributed by atoms with Gasteiger partial charge >= 0.3 is 5.69 Å². The molecule has 0 saturated carbocycles. The lowest BCUT2D eigenvalue weighted by Crippen LogP contribution is -2.49. The van der Waals surface area contributed by atoms with Gasteiger partial charge in [0.2, 0.25) is 5.72 Å². The first kappa shape index (κ1) is 17.4. The number of anilines is 1. The van der Waals surface area contributed by atoms with E-state index >= 15 is 0 Å². The molecule has 1 aliphatic heterocycles. The molecule has 1 aromatic rings. The van der Waals surface area contributed by atoms with Gasteiger partial charge in [-0.15, -0.1) is 0 Å². The van der Waals surface area contributed by atoms with Gasteiger partial charge in [0.1, 0.15) is 24.1 Å². The van der Waals surface area contributed by atoms with Crippen molar-refractivity contribution in [1.29, 1.82) is 0 Å². The molecule has 0 amide bonds. The predicted octanol–water partition coefficient (Wildman–Crippen LogP) is -1.22. The summed E-state index contributed by atoms with van der Waals surface area (Å²) in [5.74, 6) is 5.62. The average Bonchev–Trinajstić information content (AvgIpc) is 2.77. The summed E-state index contributed by atoms with van der Waals surface area (Å²) < 4.78 is 6.56. The number of hydrogen-bond donors (Lipinski definition) is 4. The summed E-state index contributed by atoms with van der Waals surface area (Å²) in [5, 5.41) is 29.7. The van der Waals surface area contributed by atoms with E-state index in [1.54, 1.807) is 0 Å². The van der Waals surface area contributed by atoms with E-state index in [1.165, 1.54) is 12.3 Å². The molecule has 2 heterocycles. The first-order valence-corrected chi connectivity index (χ1v) is 7.46. The summed E-state index contributed by atoms with van der Waals surface area (Å²) in [6.07, 6.45) is -0.326. The number of nitrogen functional groups attached to an aromatic ring is 1. The van der Waals surface area contributed by atoms with Crippen LogP contribution in [0, 0.1) is 11.8 Å². The monoisotopic (exact) mass is 323 g/mol. The first-order chi connectivity index (χ1) is 11.0. The number of aromatic nitrogens is 2. The number of unbranched alkanes of at least 4 members (excludes halogenated alkanes) is 2. The lowest BCUT2D eigenvalue weighted by atomic mass is 10.0. The van der Waals surface area contributed by atoms with Crippen LogP contribution in [0.2, 0.25) is 0 Å². The van der Waals surface area contributed by atoms with Gasteiger partial charge in [0, 0.05) is 12.6 Å². The van der Waals surface area contributed by atoms with E-state index in [0.29, 0.717) is 6.42 Å². The normalized spacial score (nSPS) is 30.0. The molecule has 8 heteroatoms. The van der Waals surface area contributed by atoms with Crippen LogP contribution in [0.25, 0.3) is 0 Å². The third kappa shape index (κ3) is 3.23. The second-order valence-corrected chi connectivity index (χ2v) is 5.38. The van der Waals surface area contributed by atoms with Crippen LogP contribution < -0.4 is 11.4 Å². The van der Waals surface area contributed by atoms with Crippen molar-refractivity contribution in [3.8, 4) is 11.8 Å². The molecular weight excluding hydrogens is 302 g/mol. The van der Waals surface area contributed by atoms with E-state index in [9.17, 15) is 20.1 Å². The lowest BCUT2D eigenvalue weighted by molar-refractivity contribution is -0.107. The smallest absolute Gasteiger partial charge is 0.352 e. The van der Waals surface area contributed by atoms with Crippen molar-refractivity contribution >= 4 is 5.82 Å². The van der Waals surface area contributed by atoms with Crippen molar-refractivity contribution in [2.45, 2.75) is 50.2 Å². The van der Waals surface area contributed by atoms with Crippen molar-refractivity contribution in [1.82, 2.24) is 9.55 Å². The number of aliphatic hydroxyl groups excluding tert-OH is 3. The predicted molar refractivity (Wildman–Crippen MR) is 82.2 cm³/mol. The zero-order valence-corrected chi connectivity index (χ0v) is 12.8. The first-order valence-electron chi connectivity index (χ1n) is 7.46. The fourth-order valence-electron chi connectivity index (χ4n) is 2.44. The van der Waals surface area contributed by atoms with Crippen molar-refractivity contribution in [2.75, 3.05) is 12.3 Å². The number of nitrogens with two attached hydrogens (primary N) is 1. The molecular formula is C15H21N3O5. The summed E-state index contributed by atoms with van der Waals surface area (Å²) >= 11 is 0. The molecule has 8 nitrogen and oxygen atoms in total. The van der Waals surface area contributed by atoms with Crippen LogP contribution >= 0.6 is 0 Å². The summed E-state index contributed by atoms with van der Waals surface area (Å²) in [6.45, 7) is 1.49. The maximum atomic E-state index is 12.1. The molecule has 0 bridgehead atoms. The maximum absolute atomic E-state index is 12.1. The van der Waals surface area contributed by atoms with Gasteiger partial charge in [0.25, 0.3) is 0 Å². The average molecular weight is 323 g/mol. The minimum atomic E-state index is -1.81. The fourth-order valence-corrected chi connectivity index (χ4v) is 2.44. The van der Waals surface area contributed by atoms with Gasteiger partial charge < -0.3 is 25.8 Å². The van der Waals surface area contributed by atoms with E-state index in [4.69, 9.17) is 10.5 Å². The molecule has 1 aromatic heterocycles. The Kier molecular flexibility index (Phi) is 5.38. The van der Waals surface area contributed by atoms with Crippen LogP contribution in [0.5, 0.6) is 0 Å². The summed E-state index contributed by atoms with van der Waals surface area (Å²) in [6, 6.07) is 1.37. The molecule has 126 valence electrons. The number of rotatable bonds is 4. The summed E-state index contributed by atoms with van der Waals surface area (Å²) in [7, 11) is 0. The summed E-state index contributed by atoms with van der Waals surface area (Å²) in [5.41, 5.74) is 2.90. The zero-order chi connectivity index (χ0) is 17.0. The van der Waals surface area contributed by atoms with Crippen LogP contribution in [-0.4, -0.2) is 49.8 Å². The maximum Gasteiger partial charge on any atom is 0.352 e. The standard InChI is InChI=1S/C15H21N3O5/c1-2-3-4-5-7-15(13(21)12(20)10(9-19)23-15)18-8-6-11(16)17-14(18)22/h6,8,10,12-13,19-21H,2-4,9H2,1H3,(H2,16,17,22)/t10-,12-,13-,15-/m1/s1. The Balaban J connectivity index is 2.51. The Morgan fingerprint density at radius 3 is 2.83 bits per heavy atom. The van der Waals surface area contributed by atoms with Crippen molar-refractivity contribution in [2.24, 2.45) is 0 Å². The highest BCUT2D eigenvalue weighted by molar-refractivity contribution is 5.26. The van der Waals surface area contributed by atoms with Gasteiger partial charge in [-0.1, -0.05) is 19.3 Å². The summed E-state index contributed by atoms with van der Waals surface area (Å²) in [4.78, 5) is 15.7. The van der Waals surface area contributed by atoms with E-state index in [0.717, 1.165) is 17.4 Å². The molecule has 0 unspecified atom stereocenters. The van der Waals surface area contributed by atoms with Crippen LogP contribution in [-0.2, 0) is 10.5 Å². The molecule has 5 N–H and O–H groups in total. The molecule has 2 rings (SSSR count). The largest absolute Gasteiger partial charge is 0.394 e. The highest BCUT2D eigenvalue weighted by atomic mass is 16.6. The minimum Gasteiger partial charge on any atom is -0.394 e. The van der Waals surface area contributed by atoms with Gasteiger partial charge in [-0.2, -0.15) is 4.98 Å². The quantitative estimate of drug-likeness (QED) is 0.404. The molecule has 4 atom stereocenters. The molecule has 0 aliphatic carbocycles. The Labute approximate surface area is 133 Å². The Bertz CT molecular complexity index is 665. The fraction of sp³-hybridized carbons (Fsp3) is 0.600. The Morgan fingerprint density at radius 1 is 1.52 bits per heavy atom. The van der Waals surface area contributed by atoms with E-state index < -0.39 is 36.3 Å². The van der Waals surface area contributed by atoms with Crippen LogP contribution in [0.15, 0.2) is 17.1 Å². The van der Waals surface area contributed by atoms with E-state index in [1.807, 2.05) is 6.92 Å². The van der Waals surface area contributed by atoms with Crippen LogP contribution in [0.4, 0.5) is 5.82 Å². The molecule has 1 fully saturated rings. The Hall–Kier alpha value is -1.92. The van der Waals surface area contributed by atoms with Gasteiger partial charge in [-0.05, 0) is 18.4 Å². The number of nitrogens with zero attached hydrogens (tertiary/aromatic N) is 2. The number of hydrogen-bond acceptors (Lipinski definition) is 7. The number of aliphatic hydroxyl groups is 3. The number of ether oxygens (including phenoxy) is 1. The molecule has 1 saturated heterocycles. The topological polar surface area (TPSA) is 131 Å². The van der Waals surface area contributed by atoms with Gasteiger partial charge in [0.05, 0.1) is 6.61 Å². The van der Waals surface area contributed by atoms with Crippen molar-refractivity contribution < 1.29 is 20.1 Å². The van der Waals surface area contributed by atoms with Crippen LogP contribution in [0.1, 0.15) is 26.2 Å². The van der Waals surface area contributed by atoms with Gasteiger partial charge in [-0.25, -0.2) is 4.79 Å². The minimum absolute atomic E-state index is 0.0204. The van der Waals surface area contributed by atoms with E-state index in [-0.39, 0.29) is 5.82 Å². The Morgan fingerprint density at radius 2 is 2.26 bits per heavy atom. The second kappa shape index (κ2) is 7.10. The van der Waals surface area contributed by atoms with Gasteiger partial charge in [0.15, 0.2) is 0 Å². The molecule has 0 radical (unpaired) electrons. The van der Waals surface area contributed by atoms with Crippen molar-refractivity contribution in [3.63, 3.8) is 0 Å². The SMILES string of the molecule is CCCCC#C[C@@]1(n2ccc(N)nc2=O)O[C@H](CO)[C@@H](O)[C@H]1O.